The lowest BCUT2D eigenvalue weighted by molar-refractivity contribution is -0.126. The van der Waals surface area contributed by atoms with E-state index in [0.29, 0.717) is 6.54 Å². The van der Waals surface area contributed by atoms with E-state index >= 15 is 0 Å². The van der Waals surface area contributed by atoms with Crippen LogP contribution in [0.1, 0.15) is 24.2 Å². The molecule has 0 saturated heterocycles. The van der Waals surface area contributed by atoms with Gasteiger partial charge in [-0.2, -0.15) is 5.10 Å². The van der Waals surface area contributed by atoms with Gasteiger partial charge in [0.2, 0.25) is 5.91 Å². The first-order chi connectivity index (χ1) is 12.5. The van der Waals surface area contributed by atoms with Gasteiger partial charge in [-0.15, -0.1) is 0 Å². The van der Waals surface area contributed by atoms with Gasteiger partial charge in [-0.25, -0.2) is 4.39 Å². The van der Waals surface area contributed by atoms with Gasteiger partial charge in [-0.3, -0.25) is 14.4 Å². The highest BCUT2D eigenvalue weighted by atomic mass is 19.1. The van der Waals surface area contributed by atoms with Crippen molar-refractivity contribution >= 4 is 16.8 Å². The quantitative estimate of drug-likeness (QED) is 0.740. The first kappa shape index (κ1) is 18.1. The number of fused-ring (bicyclic) bond motifs is 1. The highest BCUT2D eigenvalue weighted by Crippen LogP contribution is 2.21. The van der Waals surface area contributed by atoms with Crippen molar-refractivity contribution in [1.82, 2.24) is 20.0 Å². The molecule has 1 aromatic heterocycles. The summed E-state index contributed by atoms with van der Waals surface area (Å²) in [6.07, 6.45) is 0. The van der Waals surface area contributed by atoms with E-state index in [1.54, 1.807) is 12.1 Å². The number of carbonyl (C=O) groups excluding carboxylic acids is 1. The summed E-state index contributed by atoms with van der Waals surface area (Å²) in [6, 6.07) is 13.5. The molecule has 0 spiro atoms. The lowest BCUT2D eigenvalue weighted by atomic mass is 10.1. The highest BCUT2D eigenvalue weighted by molar-refractivity contribution is 5.85. The summed E-state index contributed by atoms with van der Waals surface area (Å²) < 4.78 is 15.1. The molecule has 0 aliphatic heterocycles. The second kappa shape index (κ2) is 7.66. The van der Waals surface area contributed by atoms with Crippen molar-refractivity contribution in [3.8, 4) is 0 Å². The minimum Gasteiger partial charge on any atom is -0.349 e. The van der Waals surface area contributed by atoms with Crippen molar-refractivity contribution in [2.75, 3.05) is 14.1 Å². The van der Waals surface area contributed by atoms with Crippen molar-refractivity contribution in [3.63, 3.8) is 0 Å². The van der Waals surface area contributed by atoms with Crippen LogP contribution >= 0.6 is 0 Å². The minimum absolute atomic E-state index is 0.142. The van der Waals surface area contributed by atoms with Crippen LogP contribution in [-0.4, -0.2) is 34.7 Å². The molecule has 3 aromatic rings. The largest absolute Gasteiger partial charge is 0.349 e. The van der Waals surface area contributed by atoms with Gasteiger partial charge in [0.1, 0.15) is 11.9 Å². The smallest absolute Gasteiger partial charge is 0.242 e. The third kappa shape index (κ3) is 3.60. The summed E-state index contributed by atoms with van der Waals surface area (Å²) in [5.41, 5.74) is 2.65. The lowest BCUT2D eigenvalue weighted by Gasteiger charge is -2.23. The van der Waals surface area contributed by atoms with Gasteiger partial charge >= 0.3 is 0 Å². The Morgan fingerprint density at radius 2 is 1.88 bits per heavy atom. The third-order valence-electron chi connectivity index (χ3n) is 4.41. The molecule has 0 fully saturated rings. The van der Waals surface area contributed by atoms with E-state index in [4.69, 9.17) is 0 Å². The van der Waals surface area contributed by atoms with Crippen molar-refractivity contribution in [1.29, 1.82) is 0 Å². The van der Waals surface area contributed by atoms with Crippen molar-refractivity contribution in [2.45, 2.75) is 26.1 Å². The average molecular weight is 354 g/mol. The number of amides is 1. The van der Waals surface area contributed by atoms with Crippen LogP contribution in [-0.2, 0) is 17.9 Å². The Hall–Kier alpha value is -2.73. The first-order valence-corrected chi connectivity index (χ1v) is 8.65. The topological polar surface area (TPSA) is 50.2 Å². The molecule has 0 aliphatic rings. The van der Waals surface area contributed by atoms with E-state index in [9.17, 15) is 9.18 Å². The molecular weight excluding hydrogens is 331 g/mol. The number of nitrogens with zero attached hydrogens (tertiary/aromatic N) is 3. The molecule has 0 radical (unpaired) electrons. The Labute approximate surface area is 152 Å². The number of para-hydroxylation sites is 1. The number of aromatic nitrogens is 2. The predicted molar refractivity (Wildman–Crippen MR) is 100 cm³/mol. The molecule has 6 heteroatoms. The fourth-order valence-electron chi connectivity index (χ4n) is 3.16. The zero-order chi connectivity index (χ0) is 18.7. The van der Waals surface area contributed by atoms with Gasteiger partial charge in [0.25, 0.3) is 0 Å². The summed E-state index contributed by atoms with van der Waals surface area (Å²) in [5, 5.41) is 8.62. The Balaban J connectivity index is 1.80. The Bertz CT molecular complexity index is 902. The van der Waals surface area contributed by atoms with Crippen LogP contribution in [0.5, 0.6) is 0 Å². The maximum Gasteiger partial charge on any atom is 0.242 e. The van der Waals surface area contributed by atoms with Gasteiger partial charge in [0, 0.05) is 11.9 Å². The monoisotopic (exact) mass is 354 g/mol. The second-order valence-corrected chi connectivity index (χ2v) is 6.42. The summed E-state index contributed by atoms with van der Waals surface area (Å²) in [5.74, 6) is -0.458. The normalized spacial score (nSPS) is 12.5. The molecule has 1 unspecified atom stereocenters. The first-order valence-electron chi connectivity index (χ1n) is 8.65. The number of nitrogens with one attached hydrogen (secondary N) is 1. The van der Waals surface area contributed by atoms with Gasteiger partial charge in [-0.05, 0) is 44.8 Å². The van der Waals surface area contributed by atoms with Crippen LogP contribution in [0.25, 0.3) is 10.9 Å². The van der Waals surface area contributed by atoms with Crippen LogP contribution in [0.3, 0.4) is 0 Å². The summed E-state index contributed by atoms with van der Waals surface area (Å²) in [4.78, 5) is 14.6. The van der Waals surface area contributed by atoms with E-state index in [0.717, 1.165) is 28.7 Å². The van der Waals surface area contributed by atoms with Gasteiger partial charge in [0.05, 0.1) is 17.8 Å². The molecule has 5 nitrogen and oxygen atoms in total. The highest BCUT2D eigenvalue weighted by Gasteiger charge is 2.23. The van der Waals surface area contributed by atoms with E-state index in [-0.39, 0.29) is 11.7 Å². The van der Waals surface area contributed by atoms with Gasteiger partial charge in [-0.1, -0.05) is 30.3 Å². The Morgan fingerprint density at radius 3 is 2.54 bits per heavy atom. The molecule has 2 aromatic carbocycles. The summed E-state index contributed by atoms with van der Waals surface area (Å²) >= 11 is 0. The number of likely N-dealkylation sites (N-methyl/N-ethyl adjacent to an activating group) is 1. The molecule has 0 saturated carbocycles. The SMILES string of the molecule is CCn1nc(CNC(=O)C(c2ccc(F)cc2)N(C)C)c2ccccc21. The van der Waals surface area contributed by atoms with Gasteiger partial charge in [0.15, 0.2) is 0 Å². The molecule has 136 valence electrons. The number of hydrogen-bond donors (Lipinski definition) is 1. The van der Waals surface area contributed by atoms with Crippen LogP contribution in [0, 0.1) is 5.82 Å². The molecule has 1 heterocycles. The van der Waals surface area contributed by atoms with Crippen molar-refractivity contribution in [2.24, 2.45) is 0 Å². The summed E-state index contributed by atoms with van der Waals surface area (Å²) in [6.45, 7) is 3.15. The van der Waals surface area contributed by atoms with E-state index in [1.165, 1.54) is 12.1 Å². The van der Waals surface area contributed by atoms with Crippen LogP contribution in [0.15, 0.2) is 48.5 Å². The standard InChI is InChI=1S/C20H23FN4O/c1-4-25-18-8-6-5-7-16(18)17(23-25)13-22-20(26)19(24(2)3)14-9-11-15(21)12-10-14/h5-12,19H,4,13H2,1-3H3,(H,22,26). The molecular formula is C20H23FN4O. The fraction of sp³-hybridized carbons (Fsp3) is 0.300. The maximum atomic E-state index is 13.2. The molecule has 1 atom stereocenters. The fourth-order valence-corrected chi connectivity index (χ4v) is 3.16. The number of carbonyl (C=O) groups is 1. The Morgan fingerprint density at radius 1 is 1.19 bits per heavy atom. The molecule has 0 aliphatic carbocycles. The summed E-state index contributed by atoms with van der Waals surface area (Å²) in [7, 11) is 3.66. The van der Waals surface area contributed by atoms with Crippen LogP contribution < -0.4 is 5.32 Å². The molecule has 26 heavy (non-hydrogen) atoms. The minimum atomic E-state index is -0.491. The number of halogens is 1. The molecule has 0 bridgehead atoms. The Kier molecular flexibility index (Phi) is 5.32. The van der Waals surface area contributed by atoms with Gasteiger partial charge < -0.3 is 5.32 Å². The van der Waals surface area contributed by atoms with E-state index in [1.807, 2.05) is 54.9 Å². The second-order valence-electron chi connectivity index (χ2n) is 6.42. The molecule has 1 amide bonds. The number of aryl methyl sites for hydroxylation is 1. The third-order valence-corrected chi connectivity index (χ3v) is 4.41. The van der Waals surface area contributed by atoms with Crippen molar-refractivity contribution in [3.05, 3.63) is 65.6 Å². The number of hydrogen-bond acceptors (Lipinski definition) is 3. The zero-order valence-corrected chi connectivity index (χ0v) is 15.2. The number of benzene rings is 2. The molecule has 3 rings (SSSR count). The molecule has 1 N–H and O–H groups in total. The van der Waals surface area contributed by atoms with Crippen LogP contribution in [0.4, 0.5) is 4.39 Å². The zero-order valence-electron chi connectivity index (χ0n) is 15.2. The average Bonchev–Trinajstić information content (AvgIpc) is 2.99. The maximum absolute atomic E-state index is 13.2. The van der Waals surface area contributed by atoms with Crippen molar-refractivity contribution < 1.29 is 9.18 Å². The van der Waals surface area contributed by atoms with E-state index in [2.05, 4.69) is 10.4 Å². The number of rotatable bonds is 6. The predicted octanol–water partition coefficient (Wildman–Crippen LogP) is 3.11. The lowest BCUT2D eigenvalue weighted by Crippen LogP contribution is -2.36. The van der Waals surface area contributed by atoms with Crippen LogP contribution in [0.2, 0.25) is 0 Å². The van der Waals surface area contributed by atoms with E-state index < -0.39 is 6.04 Å².